The van der Waals surface area contributed by atoms with Crippen molar-refractivity contribution in [2.75, 3.05) is 0 Å². The molecule has 0 saturated carbocycles. The molecule has 0 aromatic heterocycles. The Morgan fingerprint density at radius 1 is 1.25 bits per heavy atom. The number of rotatable bonds is 5. The number of halogens is 1. The summed E-state index contributed by atoms with van der Waals surface area (Å²) in [5.41, 5.74) is 0. The Morgan fingerprint density at radius 3 is 2.50 bits per heavy atom. The van der Waals surface area contributed by atoms with E-state index < -0.39 is 5.24 Å². The summed E-state index contributed by atoms with van der Waals surface area (Å²) in [6, 6.07) is 0. The summed E-state index contributed by atoms with van der Waals surface area (Å²) in [5.74, 6) is 0. The van der Waals surface area contributed by atoms with Crippen molar-refractivity contribution in [1.82, 2.24) is 0 Å². The lowest BCUT2D eigenvalue weighted by atomic mass is 10.2. The van der Waals surface area contributed by atoms with E-state index in [2.05, 4.69) is 0 Å². The zero-order valence-corrected chi connectivity index (χ0v) is 7.92. The van der Waals surface area contributed by atoms with Gasteiger partial charge in [-0.1, -0.05) is 30.4 Å². The van der Waals surface area contributed by atoms with Crippen molar-refractivity contribution in [2.24, 2.45) is 0 Å². The highest BCUT2D eigenvalue weighted by Crippen LogP contribution is 1.94. The van der Waals surface area contributed by atoms with Gasteiger partial charge in [0.2, 0.25) is 5.24 Å². The molecule has 0 fully saturated rings. The van der Waals surface area contributed by atoms with Gasteiger partial charge in [0.15, 0.2) is 0 Å². The maximum Gasteiger partial charge on any atom is 0.244 e. The maximum absolute atomic E-state index is 10.2. The lowest BCUT2D eigenvalue weighted by molar-refractivity contribution is -0.107. The van der Waals surface area contributed by atoms with Crippen LogP contribution in [0.2, 0.25) is 0 Å². The van der Waals surface area contributed by atoms with Crippen molar-refractivity contribution in [2.45, 2.75) is 19.8 Å². The quantitative estimate of drug-likeness (QED) is 0.278. The summed E-state index contributed by atoms with van der Waals surface area (Å²) >= 11 is 5.09. The van der Waals surface area contributed by atoms with Gasteiger partial charge in [0.1, 0.15) is 0 Å². The van der Waals surface area contributed by atoms with E-state index in [0.29, 0.717) is 0 Å². The average molecular weight is 185 g/mol. The lowest BCUT2D eigenvalue weighted by Crippen LogP contribution is -1.74. The Hall–Kier alpha value is -0.820. The molecular weight excluding hydrogens is 172 g/mol. The van der Waals surface area contributed by atoms with Crippen molar-refractivity contribution in [1.29, 1.82) is 0 Å². The zero-order chi connectivity index (χ0) is 9.23. The van der Waals surface area contributed by atoms with Crippen LogP contribution in [-0.2, 0) is 4.79 Å². The fourth-order valence-corrected chi connectivity index (χ4v) is 0.743. The van der Waals surface area contributed by atoms with Gasteiger partial charge < -0.3 is 0 Å². The first-order valence-corrected chi connectivity index (χ1v) is 4.29. The van der Waals surface area contributed by atoms with E-state index in [1.165, 1.54) is 6.08 Å². The van der Waals surface area contributed by atoms with Gasteiger partial charge in [-0.05, 0) is 37.4 Å². The van der Waals surface area contributed by atoms with Gasteiger partial charge in [0.25, 0.3) is 0 Å². The molecule has 0 amide bonds. The van der Waals surface area contributed by atoms with Crippen LogP contribution < -0.4 is 0 Å². The van der Waals surface area contributed by atoms with Crippen LogP contribution in [0.3, 0.4) is 0 Å². The predicted octanol–water partition coefficient (Wildman–Crippen LogP) is 3.22. The van der Waals surface area contributed by atoms with Crippen LogP contribution >= 0.6 is 11.6 Å². The van der Waals surface area contributed by atoms with Crippen LogP contribution in [0.5, 0.6) is 0 Å². The predicted molar refractivity (Wildman–Crippen MR) is 53.2 cm³/mol. The Bertz CT molecular complexity index is 202. The molecular formula is C10H13ClO. The zero-order valence-electron chi connectivity index (χ0n) is 7.16. The number of hydrogen-bond acceptors (Lipinski definition) is 1. The summed E-state index contributed by atoms with van der Waals surface area (Å²) in [5, 5.41) is -0.410. The molecule has 0 atom stereocenters. The van der Waals surface area contributed by atoms with Gasteiger partial charge in [-0.15, -0.1) is 0 Å². The highest BCUT2D eigenvalue weighted by atomic mass is 35.5. The minimum atomic E-state index is -0.410. The van der Waals surface area contributed by atoms with Crippen molar-refractivity contribution in [3.05, 3.63) is 36.5 Å². The molecule has 0 saturated heterocycles. The third-order valence-electron chi connectivity index (χ3n) is 1.19. The second-order valence-corrected chi connectivity index (χ2v) is 2.61. The number of hydrogen-bond donors (Lipinski definition) is 0. The normalized spacial score (nSPS) is 12.2. The van der Waals surface area contributed by atoms with Crippen molar-refractivity contribution in [3.63, 3.8) is 0 Å². The molecule has 0 rings (SSSR count). The third kappa shape index (κ3) is 9.18. The third-order valence-corrected chi connectivity index (χ3v) is 1.31. The minimum absolute atomic E-state index is 0.410. The smallest absolute Gasteiger partial charge is 0.244 e. The molecule has 1 nitrogen and oxygen atoms in total. The molecule has 0 bridgehead atoms. The van der Waals surface area contributed by atoms with E-state index in [9.17, 15) is 4.79 Å². The van der Waals surface area contributed by atoms with Crippen LogP contribution in [0, 0.1) is 0 Å². The SMILES string of the molecule is C/C=C/C=C\CC/C=C/C(=O)Cl. The molecule has 66 valence electrons. The van der Waals surface area contributed by atoms with Crippen LogP contribution in [0.4, 0.5) is 0 Å². The fourth-order valence-electron chi connectivity index (χ4n) is 0.654. The van der Waals surface area contributed by atoms with Gasteiger partial charge >= 0.3 is 0 Å². The van der Waals surface area contributed by atoms with Crippen LogP contribution in [0.1, 0.15) is 19.8 Å². The molecule has 0 N–H and O–H groups in total. The summed E-state index contributed by atoms with van der Waals surface area (Å²) in [7, 11) is 0. The van der Waals surface area contributed by atoms with Crippen molar-refractivity contribution in [3.8, 4) is 0 Å². The maximum atomic E-state index is 10.2. The molecule has 0 aliphatic heterocycles. The number of unbranched alkanes of at least 4 members (excludes halogenated alkanes) is 1. The Morgan fingerprint density at radius 2 is 1.92 bits per heavy atom. The first kappa shape index (κ1) is 11.2. The summed E-state index contributed by atoms with van der Waals surface area (Å²) in [4.78, 5) is 10.2. The first-order valence-electron chi connectivity index (χ1n) is 3.91. The minimum Gasteiger partial charge on any atom is -0.276 e. The monoisotopic (exact) mass is 184 g/mol. The Balaban J connectivity index is 3.38. The number of carbonyl (C=O) groups is 1. The molecule has 0 aliphatic rings. The van der Waals surface area contributed by atoms with Crippen molar-refractivity contribution < 1.29 is 4.79 Å². The van der Waals surface area contributed by atoms with Gasteiger partial charge in [-0.25, -0.2) is 0 Å². The van der Waals surface area contributed by atoms with E-state index in [4.69, 9.17) is 11.6 Å². The molecule has 0 spiro atoms. The van der Waals surface area contributed by atoms with E-state index >= 15 is 0 Å². The number of allylic oxidation sites excluding steroid dienone is 6. The standard InChI is InChI=1S/C10H13ClO/c1-2-3-4-5-6-7-8-9-10(11)12/h2-5,8-9H,6-7H2,1H3/b3-2+,5-4-,9-8+. The van der Waals surface area contributed by atoms with Crippen LogP contribution in [0.15, 0.2) is 36.5 Å². The fraction of sp³-hybridized carbons (Fsp3) is 0.300. The molecule has 0 heterocycles. The highest BCUT2D eigenvalue weighted by molar-refractivity contribution is 6.66. The van der Waals surface area contributed by atoms with Gasteiger partial charge in [0.05, 0.1) is 0 Å². The van der Waals surface area contributed by atoms with E-state index in [1.807, 2.05) is 31.2 Å². The van der Waals surface area contributed by atoms with Gasteiger partial charge in [-0.2, -0.15) is 0 Å². The topological polar surface area (TPSA) is 17.1 Å². The molecule has 0 unspecified atom stereocenters. The Labute approximate surface area is 78.4 Å². The van der Waals surface area contributed by atoms with E-state index in [1.54, 1.807) is 6.08 Å². The molecule has 0 aromatic rings. The first-order chi connectivity index (χ1) is 5.77. The molecule has 0 aromatic carbocycles. The molecule has 2 heteroatoms. The van der Waals surface area contributed by atoms with E-state index in [-0.39, 0.29) is 0 Å². The second kappa shape index (κ2) is 8.28. The van der Waals surface area contributed by atoms with Crippen LogP contribution in [0.25, 0.3) is 0 Å². The summed E-state index contributed by atoms with van der Waals surface area (Å²) in [6.07, 6.45) is 12.9. The van der Waals surface area contributed by atoms with Crippen LogP contribution in [-0.4, -0.2) is 5.24 Å². The molecule has 0 radical (unpaired) electrons. The largest absolute Gasteiger partial charge is 0.276 e. The lowest BCUT2D eigenvalue weighted by Gasteiger charge is -1.83. The van der Waals surface area contributed by atoms with Gasteiger partial charge in [-0.3, -0.25) is 4.79 Å². The average Bonchev–Trinajstić information content (AvgIpc) is 2.02. The van der Waals surface area contributed by atoms with Crippen molar-refractivity contribution >= 4 is 16.8 Å². The summed E-state index contributed by atoms with van der Waals surface area (Å²) < 4.78 is 0. The van der Waals surface area contributed by atoms with E-state index in [0.717, 1.165) is 12.8 Å². The second-order valence-electron chi connectivity index (χ2n) is 2.24. The molecule has 12 heavy (non-hydrogen) atoms. The molecule has 0 aliphatic carbocycles. The Kier molecular flexibility index (Phi) is 7.71. The summed E-state index contributed by atoms with van der Waals surface area (Å²) in [6.45, 7) is 1.97. The van der Waals surface area contributed by atoms with Gasteiger partial charge in [0, 0.05) is 0 Å². The number of carbonyl (C=O) groups excluding carboxylic acids is 1. The highest BCUT2D eigenvalue weighted by Gasteiger charge is 1.82.